The van der Waals surface area contributed by atoms with Crippen molar-refractivity contribution in [3.8, 4) is 6.07 Å². The summed E-state index contributed by atoms with van der Waals surface area (Å²) < 4.78 is 0. The minimum absolute atomic E-state index is 0.478. The summed E-state index contributed by atoms with van der Waals surface area (Å²) in [6.07, 6.45) is 7.81. The van der Waals surface area contributed by atoms with Crippen molar-refractivity contribution in [3.63, 3.8) is 0 Å². The molecule has 7 rings (SSSR count). The van der Waals surface area contributed by atoms with Gasteiger partial charge in [0.15, 0.2) is 5.69 Å². The number of hydrogen-bond acceptors (Lipinski definition) is 7. The second-order valence-corrected chi connectivity index (χ2v) is 16.4. The van der Waals surface area contributed by atoms with Gasteiger partial charge in [-0.1, -0.05) is 48.6 Å². The molecule has 7 aromatic carbocycles. The van der Waals surface area contributed by atoms with Crippen molar-refractivity contribution < 1.29 is 0 Å². The summed E-state index contributed by atoms with van der Waals surface area (Å²) in [7, 11) is 16.3. The van der Waals surface area contributed by atoms with Gasteiger partial charge in [-0.25, -0.2) is 4.85 Å². The van der Waals surface area contributed by atoms with E-state index in [0.717, 1.165) is 68.0 Å². The Bertz CT molecular complexity index is 2500. The van der Waals surface area contributed by atoms with Crippen molar-refractivity contribution in [2.75, 3.05) is 85.8 Å². The predicted octanol–water partition coefficient (Wildman–Crippen LogP) is 13.7. The van der Waals surface area contributed by atoms with Gasteiger partial charge in [0.05, 0.1) is 18.2 Å². The van der Waals surface area contributed by atoms with Gasteiger partial charge in [0.2, 0.25) is 0 Å². The van der Waals surface area contributed by atoms with E-state index >= 15 is 0 Å². The van der Waals surface area contributed by atoms with E-state index in [9.17, 15) is 5.26 Å². The fraction of sp³-hybridized carbons (Fsp3) is 0.143. The Kier molecular flexibility index (Phi) is 13.5. The molecular weight excluding hydrogens is 785 g/mol. The second-order valence-electron chi connectivity index (χ2n) is 16.4. The standard InChI is InChI=1S/C56H54N8/c1-58-56-39-43(16-10-41-12-18-50(19-13-41)63(52-30-22-46(23-31-52)59(2)3)53-32-24-47(25-33-53)60(4)5)45(40-57)38-44(56)17-11-42-14-20-51(21-15-42)64(54-34-26-48(27-35-54)61(6)7)55-36-28-49(29-37-55)62(8)9/h10-39H,2-9H3/b16-10+,17-11+. The molecule has 64 heavy (non-hydrogen) atoms. The number of nitrogens with zero attached hydrogens (tertiary/aromatic N) is 8. The van der Waals surface area contributed by atoms with Gasteiger partial charge in [0.1, 0.15) is 0 Å². The second kappa shape index (κ2) is 19.7. The van der Waals surface area contributed by atoms with Gasteiger partial charge in [-0.15, -0.1) is 0 Å². The zero-order valence-corrected chi connectivity index (χ0v) is 37.9. The SMILES string of the molecule is [C-]#[N+]c1cc(/C=C/c2ccc(N(c3ccc(N(C)C)cc3)c3ccc(N(C)C)cc3)cc2)c(C#N)cc1/C=C/c1ccc(N(c2ccc(N(C)C)cc2)c2ccc(N(C)C)cc2)cc1. The maximum absolute atomic E-state index is 10.2. The van der Waals surface area contributed by atoms with Crippen LogP contribution in [-0.4, -0.2) is 56.4 Å². The lowest BCUT2D eigenvalue weighted by Crippen LogP contribution is -2.12. The van der Waals surface area contributed by atoms with Crippen molar-refractivity contribution >= 4 is 86.9 Å². The highest BCUT2D eigenvalue weighted by atomic mass is 15.2. The van der Waals surface area contributed by atoms with E-state index in [4.69, 9.17) is 6.57 Å². The third kappa shape index (κ3) is 10.1. The molecule has 0 amide bonds. The quantitative estimate of drug-likeness (QED) is 0.0798. The van der Waals surface area contributed by atoms with Crippen molar-refractivity contribution in [1.29, 1.82) is 5.26 Å². The van der Waals surface area contributed by atoms with Crippen LogP contribution in [0, 0.1) is 17.9 Å². The van der Waals surface area contributed by atoms with E-state index in [-0.39, 0.29) is 0 Å². The highest BCUT2D eigenvalue weighted by molar-refractivity contribution is 5.85. The number of nitriles is 1. The van der Waals surface area contributed by atoms with Gasteiger partial charge < -0.3 is 29.4 Å². The molecule has 318 valence electrons. The lowest BCUT2D eigenvalue weighted by molar-refractivity contribution is 1.13. The van der Waals surface area contributed by atoms with Gasteiger partial charge >= 0.3 is 0 Å². The molecular formula is C56H54N8. The molecule has 0 radical (unpaired) electrons. The fourth-order valence-electron chi connectivity index (χ4n) is 7.42. The van der Waals surface area contributed by atoms with Crippen molar-refractivity contribution in [2.24, 2.45) is 0 Å². The highest BCUT2D eigenvalue weighted by Crippen LogP contribution is 2.38. The summed E-state index contributed by atoms with van der Waals surface area (Å²) in [6.45, 7) is 8.03. The summed E-state index contributed by atoms with van der Waals surface area (Å²) in [6, 6.07) is 56.9. The zero-order chi connectivity index (χ0) is 45.3. The molecule has 0 aliphatic rings. The van der Waals surface area contributed by atoms with E-state index in [1.165, 1.54) is 0 Å². The number of benzene rings is 7. The Morgan fingerprint density at radius 1 is 0.375 bits per heavy atom. The average molecular weight is 839 g/mol. The molecule has 0 saturated carbocycles. The van der Waals surface area contributed by atoms with Crippen LogP contribution >= 0.6 is 0 Å². The number of hydrogen-bond donors (Lipinski definition) is 0. The Labute approximate surface area is 379 Å². The molecule has 0 heterocycles. The Morgan fingerprint density at radius 3 is 0.906 bits per heavy atom. The number of rotatable bonds is 14. The Hall–Kier alpha value is -8.20. The van der Waals surface area contributed by atoms with Crippen molar-refractivity contribution in [3.05, 3.63) is 197 Å². The minimum atomic E-state index is 0.478. The van der Waals surface area contributed by atoms with Crippen LogP contribution in [0.15, 0.2) is 158 Å². The first-order valence-corrected chi connectivity index (χ1v) is 21.1. The predicted molar refractivity (Wildman–Crippen MR) is 275 cm³/mol. The summed E-state index contributed by atoms with van der Waals surface area (Å²) in [5.41, 5.74) is 15.1. The molecule has 0 fully saturated rings. The molecule has 0 bridgehead atoms. The molecule has 0 spiro atoms. The van der Waals surface area contributed by atoms with Crippen LogP contribution in [-0.2, 0) is 0 Å². The topological polar surface area (TPSA) is 47.6 Å². The third-order valence-corrected chi connectivity index (χ3v) is 11.2. The van der Waals surface area contributed by atoms with Gasteiger partial charge in [0, 0.05) is 113 Å². The number of anilines is 10. The maximum atomic E-state index is 10.2. The molecule has 0 N–H and O–H groups in total. The maximum Gasteiger partial charge on any atom is 0.194 e. The lowest BCUT2D eigenvalue weighted by Gasteiger charge is -2.27. The molecule has 0 aliphatic carbocycles. The van der Waals surface area contributed by atoms with Crippen LogP contribution in [0.5, 0.6) is 0 Å². The van der Waals surface area contributed by atoms with Gasteiger partial charge in [-0.05, 0) is 156 Å². The first kappa shape index (κ1) is 43.9. The minimum Gasteiger partial charge on any atom is -0.378 e. The smallest absolute Gasteiger partial charge is 0.194 e. The molecule has 0 unspecified atom stereocenters. The van der Waals surface area contributed by atoms with Gasteiger partial charge in [-0.3, -0.25) is 0 Å². The highest BCUT2D eigenvalue weighted by Gasteiger charge is 2.15. The van der Waals surface area contributed by atoms with Crippen LogP contribution in [0.2, 0.25) is 0 Å². The van der Waals surface area contributed by atoms with E-state index < -0.39 is 0 Å². The fourth-order valence-corrected chi connectivity index (χ4v) is 7.42. The third-order valence-electron chi connectivity index (χ3n) is 11.2. The Balaban J connectivity index is 1.11. The lowest BCUT2D eigenvalue weighted by atomic mass is 10.0. The van der Waals surface area contributed by atoms with E-state index in [0.29, 0.717) is 22.4 Å². The molecule has 0 atom stereocenters. The molecule has 0 saturated heterocycles. The monoisotopic (exact) mass is 838 g/mol. The van der Waals surface area contributed by atoms with Crippen LogP contribution < -0.4 is 29.4 Å². The summed E-state index contributed by atoms with van der Waals surface area (Å²) in [5, 5.41) is 10.2. The van der Waals surface area contributed by atoms with E-state index in [2.05, 4.69) is 186 Å². The average Bonchev–Trinajstić information content (AvgIpc) is 3.31. The molecule has 8 nitrogen and oxygen atoms in total. The van der Waals surface area contributed by atoms with E-state index in [1.807, 2.05) is 80.7 Å². The summed E-state index contributed by atoms with van der Waals surface area (Å²) in [5.74, 6) is 0. The van der Waals surface area contributed by atoms with Gasteiger partial charge in [0.25, 0.3) is 0 Å². The molecule has 8 heteroatoms. The molecule has 0 aromatic heterocycles. The van der Waals surface area contributed by atoms with Crippen LogP contribution in [0.1, 0.15) is 27.8 Å². The normalized spacial score (nSPS) is 11.0. The molecule has 7 aromatic rings. The van der Waals surface area contributed by atoms with Crippen molar-refractivity contribution in [2.45, 2.75) is 0 Å². The van der Waals surface area contributed by atoms with Gasteiger partial charge in [-0.2, -0.15) is 5.26 Å². The first-order valence-electron chi connectivity index (χ1n) is 21.1. The van der Waals surface area contributed by atoms with Crippen molar-refractivity contribution in [1.82, 2.24) is 0 Å². The Morgan fingerprint density at radius 2 is 0.641 bits per heavy atom. The van der Waals surface area contributed by atoms with Crippen LogP contribution in [0.3, 0.4) is 0 Å². The molecule has 0 aliphatic heterocycles. The summed E-state index contributed by atoms with van der Waals surface area (Å²) >= 11 is 0. The zero-order valence-electron chi connectivity index (χ0n) is 37.9. The van der Waals surface area contributed by atoms with Crippen LogP contribution in [0.25, 0.3) is 29.1 Å². The van der Waals surface area contributed by atoms with E-state index in [1.54, 1.807) is 12.1 Å². The first-order chi connectivity index (χ1) is 30.9. The van der Waals surface area contributed by atoms with Crippen LogP contribution in [0.4, 0.5) is 62.6 Å². The summed E-state index contributed by atoms with van der Waals surface area (Å²) in [4.78, 5) is 16.7. The largest absolute Gasteiger partial charge is 0.378 e.